The number of aromatic nitrogens is 4. The maximum Gasteiger partial charge on any atom is 0.165 e. The van der Waals surface area contributed by atoms with E-state index in [1.165, 1.54) is 43.4 Å². The molecule has 0 aliphatic rings. The fourth-order valence-electron chi connectivity index (χ4n) is 8.52. The highest BCUT2D eigenvalue weighted by Gasteiger charge is 2.27. The molecular weight excluding hydrogens is 601 g/mol. The lowest BCUT2D eigenvalue weighted by Gasteiger charge is -2.13. The predicted molar refractivity (Wildman–Crippen MR) is 201 cm³/mol. The first kappa shape index (κ1) is 25.4. The molecule has 0 bridgehead atoms. The Morgan fingerprint density at radius 2 is 0.918 bits per heavy atom. The van der Waals surface area contributed by atoms with Crippen LogP contribution in [-0.2, 0) is 0 Å². The van der Waals surface area contributed by atoms with Crippen molar-refractivity contribution in [2.24, 2.45) is 0 Å². The molecule has 4 aromatic heterocycles. The standard InChI is InChI=1S/C44H24N4O/c1-3-11-25(12-4-1)43-44(46-30-18-8-7-17-29(30)45-43)48-32-20-10-16-28-27-15-9-19-31-37(27)39-33(47(31)26-13-5-2-6-14-26)21-23-35-41(39)42-36(49-35)24-22-34(48)40(42)38(28)32/h1-24H. The van der Waals surface area contributed by atoms with Crippen LogP contribution >= 0.6 is 0 Å². The number of benzene rings is 7. The normalized spacial score (nSPS) is 12.5. The third-order valence-corrected chi connectivity index (χ3v) is 10.4. The summed E-state index contributed by atoms with van der Waals surface area (Å²) in [5.41, 5.74) is 11.0. The third kappa shape index (κ3) is 3.15. The summed E-state index contributed by atoms with van der Waals surface area (Å²) >= 11 is 0. The van der Waals surface area contributed by atoms with Gasteiger partial charge in [0.1, 0.15) is 16.9 Å². The molecule has 12 rings (SSSR count). The summed E-state index contributed by atoms with van der Waals surface area (Å²) in [4.78, 5) is 10.6. The van der Waals surface area contributed by atoms with Gasteiger partial charge in [0.2, 0.25) is 0 Å². The zero-order chi connectivity index (χ0) is 31.8. The molecule has 49 heavy (non-hydrogen) atoms. The smallest absolute Gasteiger partial charge is 0.165 e. The average molecular weight is 625 g/mol. The third-order valence-electron chi connectivity index (χ3n) is 10.4. The Hall–Kier alpha value is -6.72. The quantitative estimate of drug-likeness (QED) is 0.196. The molecule has 12 aromatic rings. The number of fused-ring (bicyclic) bond motifs is 2. The second-order valence-corrected chi connectivity index (χ2v) is 12.9. The zero-order valence-electron chi connectivity index (χ0n) is 26.1. The Kier molecular flexibility index (Phi) is 4.66. The number of para-hydroxylation sites is 3. The summed E-state index contributed by atoms with van der Waals surface area (Å²) in [5.74, 6) is 0.811. The van der Waals surface area contributed by atoms with Crippen LogP contribution in [0.1, 0.15) is 0 Å². The molecule has 5 heteroatoms. The minimum atomic E-state index is 0.811. The molecule has 226 valence electrons. The van der Waals surface area contributed by atoms with Crippen molar-refractivity contribution >= 4 is 87.4 Å². The van der Waals surface area contributed by atoms with Crippen LogP contribution in [0.5, 0.6) is 0 Å². The fraction of sp³-hybridized carbons (Fsp3) is 0. The topological polar surface area (TPSA) is 48.8 Å². The van der Waals surface area contributed by atoms with E-state index in [9.17, 15) is 0 Å². The fourth-order valence-corrected chi connectivity index (χ4v) is 8.52. The molecule has 5 nitrogen and oxygen atoms in total. The molecular formula is C44H24N4O. The minimum absolute atomic E-state index is 0.811. The van der Waals surface area contributed by atoms with E-state index in [0.29, 0.717) is 0 Å². The monoisotopic (exact) mass is 624 g/mol. The van der Waals surface area contributed by atoms with Gasteiger partial charge in [0.15, 0.2) is 5.82 Å². The molecule has 4 heterocycles. The van der Waals surface area contributed by atoms with Gasteiger partial charge in [0.25, 0.3) is 0 Å². The largest absolute Gasteiger partial charge is 0.456 e. The van der Waals surface area contributed by atoms with Crippen LogP contribution in [-0.4, -0.2) is 19.1 Å². The maximum atomic E-state index is 6.72. The first-order chi connectivity index (χ1) is 24.3. The van der Waals surface area contributed by atoms with Crippen LogP contribution in [0.3, 0.4) is 0 Å². The lowest BCUT2D eigenvalue weighted by molar-refractivity contribution is 0.669. The lowest BCUT2D eigenvalue weighted by Crippen LogP contribution is -2.03. The summed E-state index contributed by atoms with van der Waals surface area (Å²) in [5, 5.41) is 9.56. The van der Waals surface area contributed by atoms with Crippen molar-refractivity contribution in [1.29, 1.82) is 0 Å². The van der Waals surface area contributed by atoms with Gasteiger partial charge in [0.05, 0.1) is 33.1 Å². The molecule has 0 unspecified atom stereocenters. The van der Waals surface area contributed by atoms with Gasteiger partial charge in [-0.25, -0.2) is 9.97 Å². The van der Waals surface area contributed by atoms with Gasteiger partial charge in [-0.2, -0.15) is 0 Å². The van der Waals surface area contributed by atoms with Crippen molar-refractivity contribution in [3.63, 3.8) is 0 Å². The highest BCUT2D eigenvalue weighted by Crippen LogP contribution is 2.50. The van der Waals surface area contributed by atoms with E-state index in [4.69, 9.17) is 14.4 Å². The lowest BCUT2D eigenvalue weighted by atomic mass is 9.95. The van der Waals surface area contributed by atoms with E-state index in [2.05, 4.69) is 124 Å². The molecule has 0 radical (unpaired) electrons. The number of hydrogen-bond acceptors (Lipinski definition) is 3. The van der Waals surface area contributed by atoms with Gasteiger partial charge in [-0.3, -0.25) is 4.57 Å². The van der Waals surface area contributed by atoms with Gasteiger partial charge in [-0.1, -0.05) is 84.9 Å². The molecule has 8 aromatic carbocycles. The zero-order valence-corrected chi connectivity index (χ0v) is 26.1. The number of furan rings is 1. The van der Waals surface area contributed by atoms with E-state index in [-0.39, 0.29) is 0 Å². The van der Waals surface area contributed by atoms with E-state index in [0.717, 1.165) is 66.8 Å². The Bertz CT molecular complexity index is 3260. The molecule has 0 atom stereocenters. The van der Waals surface area contributed by atoms with Crippen molar-refractivity contribution in [3.05, 3.63) is 146 Å². The van der Waals surface area contributed by atoms with Crippen molar-refractivity contribution in [3.8, 4) is 22.8 Å². The molecule has 0 N–H and O–H groups in total. The van der Waals surface area contributed by atoms with Crippen molar-refractivity contribution in [2.45, 2.75) is 0 Å². The predicted octanol–water partition coefficient (Wildman–Crippen LogP) is 11.4. The first-order valence-electron chi connectivity index (χ1n) is 16.6. The molecule has 0 spiro atoms. The molecule has 0 saturated carbocycles. The van der Waals surface area contributed by atoms with Crippen LogP contribution in [0.4, 0.5) is 0 Å². The summed E-state index contributed by atoms with van der Waals surface area (Å²) in [7, 11) is 0. The number of nitrogens with zero attached hydrogens (tertiary/aromatic N) is 4. The first-order valence-corrected chi connectivity index (χ1v) is 16.6. The Morgan fingerprint density at radius 3 is 1.57 bits per heavy atom. The van der Waals surface area contributed by atoms with Gasteiger partial charge >= 0.3 is 0 Å². The highest BCUT2D eigenvalue weighted by molar-refractivity contribution is 6.42. The minimum Gasteiger partial charge on any atom is -0.456 e. The Morgan fingerprint density at radius 1 is 0.388 bits per heavy atom. The SMILES string of the molecule is c1ccc(-c2nc3ccccc3nc2-n2c3cccc4c5cccc6c5c5c7c(ccc5n6-c5ccccc5)oc5ccc2c(c57)c43)cc1. The van der Waals surface area contributed by atoms with Gasteiger partial charge in [-0.15, -0.1) is 0 Å². The van der Waals surface area contributed by atoms with E-state index in [1.54, 1.807) is 0 Å². The van der Waals surface area contributed by atoms with Crippen LogP contribution in [0.15, 0.2) is 150 Å². The maximum absolute atomic E-state index is 6.72. The second-order valence-electron chi connectivity index (χ2n) is 12.9. The molecule has 0 aliphatic heterocycles. The summed E-state index contributed by atoms with van der Waals surface area (Å²) in [6.45, 7) is 0. The van der Waals surface area contributed by atoms with Crippen LogP contribution in [0.2, 0.25) is 0 Å². The average Bonchev–Trinajstić information content (AvgIpc) is 3.81. The van der Waals surface area contributed by atoms with Gasteiger partial charge in [-0.05, 0) is 71.4 Å². The molecule has 0 aliphatic carbocycles. The molecule has 0 saturated heterocycles. The Balaban J connectivity index is 1.35. The Labute approximate surface area is 278 Å². The van der Waals surface area contributed by atoms with Gasteiger partial charge in [0, 0.05) is 43.6 Å². The van der Waals surface area contributed by atoms with Gasteiger partial charge < -0.3 is 8.98 Å². The summed E-state index contributed by atoms with van der Waals surface area (Å²) in [6, 6.07) is 51.3. The van der Waals surface area contributed by atoms with Crippen molar-refractivity contribution < 1.29 is 4.42 Å². The van der Waals surface area contributed by atoms with E-state index < -0.39 is 0 Å². The highest BCUT2D eigenvalue weighted by atomic mass is 16.3. The van der Waals surface area contributed by atoms with E-state index >= 15 is 0 Å². The number of rotatable bonds is 3. The van der Waals surface area contributed by atoms with Crippen LogP contribution < -0.4 is 0 Å². The number of hydrogen-bond donors (Lipinski definition) is 0. The molecule has 0 amide bonds. The van der Waals surface area contributed by atoms with E-state index in [1.807, 2.05) is 30.3 Å². The van der Waals surface area contributed by atoms with Crippen molar-refractivity contribution in [1.82, 2.24) is 19.1 Å². The van der Waals surface area contributed by atoms with Crippen molar-refractivity contribution in [2.75, 3.05) is 0 Å². The summed E-state index contributed by atoms with van der Waals surface area (Å²) < 4.78 is 11.4. The van der Waals surface area contributed by atoms with Crippen LogP contribution in [0.25, 0.3) is 110 Å². The van der Waals surface area contributed by atoms with Crippen LogP contribution in [0, 0.1) is 0 Å². The second kappa shape index (κ2) is 9.00. The summed E-state index contributed by atoms with van der Waals surface area (Å²) in [6.07, 6.45) is 0. The molecule has 0 fully saturated rings.